The summed E-state index contributed by atoms with van der Waals surface area (Å²) >= 11 is 3.40. The highest BCUT2D eigenvalue weighted by Gasteiger charge is 2.15. The first-order valence-corrected chi connectivity index (χ1v) is 6.06. The van der Waals surface area contributed by atoms with Crippen molar-refractivity contribution in [2.75, 3.05) is 14.2 Å². The number of carboxylic acid groups (broad SMARTS) is 1. The second-order valence-electron chi connectivity index (χ2n) is 3.66. The standard InChI is InChI=1S/C12H11BrN2O4/c1-18-10-3-6(7(13)4-11(10)19-2)8-5-9(12(16)17)15-14-8/h3-5H,1-2H3,(H,14,15)(H,16,17). The molecule has 0 aliphatic rings. The lowest BCUT2D eigenvalue weighted by atomic mass is 10.1. The Morgan fingerprint density at radius 2 is 1.89 bits per heavy atom. The highest BCUT2D eigenvalue weighted by molar-refractivity contribution is 9.10. The first-order valence-electron chi connectivity index (χ1n) is 5.27. The number of aromatic carboxylic acids is 1. The Labute approximate surface area is 117 Å². The van der Waals surface area contributed by atoms with Crippen LogP contribution in [-0.2, 0) is 0 Å². The Kier molecular flexibility index (Phi) is 3.75. The minimum absolute atomic E-state index is 0.0247. The van der Waals surface area contributed by atoms with Crippen LogP contribution >= 0.6 is 15.9 Å². The van der Waals surface area contributed by atoms with E-state index < -0.39 is 5.97 Å². The zero-order valence-electron chi connectivity index (χ0n) is 10.2. The molecular weight excluding hydrogens is 316 g/mol. The number of methoxy groups -OCH3 is 2. The first kappa shape index (κ1) is 13.4. The maximum atomic E-state index is 10.8. The number of nitrogens with one attached hydrogen (secondary N) is 1. The van der Waals surface area contributed by atoms with Crippen LogP contribution in [0.2, 0.25) is 0 Å². The van der Waals surface area contributed by atoms with Gasteiger partial charge in [-0.05, 0) is 34.1 Å². The highest BCUT2D eigenvalue weighted by atomic mass is 79.9. The molecule has 2 N–H and O–H groups in total. The lowest BCUT2D eigenvalue weighted by Gasteiger charge is -2.10. The average Bonchev–Trinajstić information content (AvgIpc) is 2.87. The Morgan fingerprint density at radius 3 is 2.42 bits per heavy atom. The van der Waals surface area contributed by atoms with E-state index in [1.807, 2.05) is 0 Å². The molecule has 0 atom stereocenters. The molecule has 0 bridgehead atoms. The van der Waals surface area contributed by atoms with Gasteiger partial charge >= 0.3 is 5.97 Å². The number of ether oxygens (including phenoxy) is 2. The van der Waals surface area contributed by atoms with Crippen molar-refractivity contribution in [2.45, 2.75) is 0 Å². The van der Waals surface area contributed by atoms with Gasteiger partial charge in [0.15, 0.2) is 11.5 Å². The molecule has 0 fully saturated rings. The molecule has 1 aromatic heterocycles. The highest BCUT2D eigenvalue weighted by Crippen LogP contribution is 2.37. The lowest BCUT2D eigenvalue weighted by Crippen LogP contribution is -1.95. The van der Waals surface area contributed by atoms with Crippen molar-refractivity contribution in [1.29, 1.82) is 0 Å². The van der Waals surface area contributed by atoms with E-state index in [0.29, 0.717) is 22.8 Å². The van der Waals surface area contributed by atoms with E-state index in [2.05, 4.69) is 26.1 Å². The topological polar surface area (TPSA) is 84.4 Å². The van der Waals surface area contributed by atoms with Crippen molar-refractivity contribution in [2.24, 2.45) is 0 Å². The zero-order chi connectivity index (χ0) is 14.0. The van der Waals surface area contributed by atoms with Crippen molar-refractivity contribution in [1.82, 2.24) is 10.2 Å². The maximum absolute atomic E-state index is 10.8. The molecule has 0 amide bonds. The van der Waals surface area contributed by atoms with Crippen LogP contribution in [0.25, 0.3) is 11.3 Å². The van der Waals surface area contributed by atoms with Gasteiger partial charge in [-0.25, -0.2) is 4.79 Å². The predicted molar refractivity (Wildman–Crippen MR) is 71.8 cm³/mol. The summed E-state index contributed by atoms with van der Waals surface area (Å²) in [7, 11) is 3.07. The van der Waals surface area contributed by atoms with Crippen LogP contribution < -0.4 is 9.47 Å². The molecule has 0 radical (unpaired) electrons. The molecule has 19 heavy (non-hydrogen) atoms. The minimum atomic E-state index is -1.06. The van der Waals surface area contributed by atoms with Gasteiger partial charge in [-0.1, -0.05) is 0 Å². The number of nitrogens with zero attached hydrogens (tertiary/aromatic N) is 1. The molecule has 0 saturated heterocycles. The smallest absolute Gasteiger partial charge is 0.353 e. The molecule has 7 heteroatoms. The maximum Gasteiger partial charge on any atom is 0.353 e. The van der Waals surface area contributed by atoms with Gasteiger partial charge in [-0.3, -0.25) is 5.10 Å². The number of H-pyrrole nitrogens is 1. The van der Waals surface area contributed by atoms with Gasteiger partial charge < -0.3 is 14.6 Å². The fraction of sp³-hybridized carbons (Fsp3) is 0.167. The molecular formula is C12H11BrN2O4. The summed E-state index contributed by atoms with van der Waals surface area (Å²) in [5, 5.41) is 15.3. The largest absolute Gasteiger partial charge is 0.493 e. The van der Waals surface area contributed by atoms with Crippen LogP contribution in [0.3, 0.4) is 0 Å². The van der Waals surface area contributed by atoms with E-state index in [9.17, 15) is 4.79 Å². The Hall–Kier alpha value is -2.02. The van der Waals surface area contributed by atoms with Crippen LogP contribution in [0, 0.1) is 0 Å². The van der Waals surface area contributed by atoms with Gasteiger partial charge in [0.25, 0.3) is 0 Å². The van der Waals surface area contributed by atoms with E-state index in [-0.39, 0.29) is 5.69 Å². The van der Waals surface area contributed by atoms with Crippen LogP contribution in [0.5, 0.6) is 11.5 Å². The molecule has 0 saturated carbocycles. The summed E-state index contributed by atoms with van der Waals surface area (Å²) in [6.45, 7) is 0. The molecule has 1 heterocycles. The summed E-state index contributed by atoms with van der Waals surface area (Å²) in [6.07, 6.45) is 0. The third-order valence-electron chi connectivity index (χ3n) is 2.56. The van der Waals surface area contributed by atoms with Crippen molar-refractivity contribution < 1.29 is 19.4 Å². The van der Waals surface area contributed by atoms with E-state index in [1.54, 1.807) is 19.2 Å². The predicted octanol–water partition coefficient (Wildman–Crippen LogP) is 2.55. The van der Waals surface area contributed by atoms with E-state index in [4.69, 9.17) is 14.6 Å². The fourth-order valence-electron chi connectivity index (χ4n) is 1.62. The van der Waals surface area contributed by atoms with Gasteiger partial charge in [0.2, 0.25) is 0 Å². The number of aromatic amines is 1. The monoisotopic (exact) mass is 326 g/mol. The Morgan fingerprint density at radius 1 is 1.26 bits per heavy atom. The summed E-state index contributed by atoms with van der Waals surface area (Å²) in [4.78, 5) is 10.8. The van der Waals surface area contributed by atoms with Gasteiger partial charge in [0.05, 0.1) is 19.9 Å². The van der Waals surface area contributed by atoms with Gasteiger partial charge in [0.1, 0.15) is 5.69 Å². The van der Waals surface area contributed by atoms with Gasteiger partial charge in [-0.15, -0.1) is 0 Å². The van der Waals surface area contributed by atoms with Crippen molar-refractivity contribution in [3.8, 4) is 22.8 Å². The molecule has 2 rings (SSSR count). The number of rotatable bonds is 4. The van der Waals surface area contributed by atoms with Crippen molar-refractivity contribution in [3.05, 3.63) is 28.4 Å². The quantitative estimate of drug-likeness (QED) is 0.901. The molecule has 0 aliphatic heterocycles. The second kappa shape index (κ2) is 5.31. The van der Waals surface area contributed by atoms with Crippen molar-refractivity contribution in [3.63, 3.8) is 0 Å². The van der Waals surface area contributed by atoms with Crippen LogP contribution in [0.4, 0.5) is 0 Å². The van der Waals surface area contributed by atoms with E-state index in [0.717, 1.165) is 4.47 Å². The number of hydrogen-bond acceptors (Lipinski definition) is 4. The molecule has 1 aromatic carbocycles. The van der Waals surface area contributed by atoms with Crippen LogP contribution in [0.1, 0.15) is 10.5 Å². The third kappa shape index (κ3) is 2.55. The van der Waals surface area contributed by atoms with E-state index in [1.165, 1.54) is 13.2 Å². The SMILES string of the molecule is COc1cc(Br)c(-c2cc(C(=O)O)[nH]n2)cc1OC. The van der Waals surface area contributed by atoms with Crippen molar-refractivity contribution >= 4 is 21.9 Å². The number of halogens is 1. The molecule has 0 aliphatic carbocycles. The molecule has 100 valence electrons. The number of carbonyl (C=O) groups is 1. The molecule has 6 nitrogen and oxygen atoms in total. The number of benzene rings is 1. The summed E-state index contributed by atoms with van der Waals surface area (Å²) in [6, 6.07) is 4.92. The third-order valence-corrected chi connectivity index (χ3v) is 3.21. The number of carboxylic acids is 1. The molecule has 0 spiro atoms. The lowest BCUT2D eigenvalue weighted by molar-refractivity contribution is 0.0690. The van der Waals surface area contributed by atoms with Crippen LogP contribution in [0.15, 0.2) is 22.7 Å². The summed E-state index contributed by atoms with van der Waals surface area (Å²) in [5.41, 5.74) is 1.24. The molecule has 2 aromatic rings. The fourth-order valence-corrected chi connectivity index (χ4v) is 2.15. The van der Waals surface area contributed by atoms with Crippen LogP contribution in [-0.4, -0.2) is 35.5 Å². The Balaban J connectivity index is 2.51. The summed E-state index contributed by atoms with van der Waals surface area (Å²) < 4.78 is 11.1. The minimum Gasteiger partial charge on any atom is -0.493 e. The second-order valence-corrected chi connectivity index (χ2v) is 4.51. The number of aromatic nitrogens is 2. The van der Waals surface area contributed by atoms with Gasteiger partial charge in [0, 0.05) is 10.0 Å². The summed E-state index contributed by atoms with van der Waals surface area (Å²) in [5.74, 6) is 0.0584. The first-order chi connectivity index (χ1) is 9.06. The normalized spacial score (nSPS) is 10.3. The zero-order valence-corrected chi connectivity index (χ0v) is 11.8. The molecule has 0 unspecified atom stereocenters. The van der Waals surface area contributed by atoms with Gasteiger partial charge in [-0.2, -0.15) is 5.10 Å². The Bertz CT molecular complexity index is 624. The average molecular weight is 327 g/mol. The van der Waals surface area contributed by atoms with E-state index >= 15 is 0 Å². The number of hydrogen-bond donors (Lipinski definition) is 2.